The summed E-state index contributed by atoms with van der Waals surface area (Å²) in [7, 11) is 1.62. The van der Waals surface area contributed by atoms with Crippen LogP contribution in [0.2, 0.25) is 5.02 Å². The van der Waals surface area contributed by atoms with Crippen molar-refractivity contribution >= 4 is 17.5 Å². The fourth-order valence-electron chi connectivity index (χ4n) is 4.48. The van der Waals surface area contributed by atoms with Gasteiger partial charge in [0.25, 0.3) is 5.91 Å². The lowest BCUT2D eigenvalue weighted by Crippen LogP contribution is -2.31. The van der Waals surface area contributed by atoms with Gasteiger partial charge in [-0.15, -0.1) is 0 Å². The first-order valence-corrected chi connectivity index (χ1v) is 12.0. The highest BCUT2D eigenvalue weighted by Crippen LogP contribution is 2.38. The van der Waals surface area contributed by atoms with Crippen LogP contribution < -0.4 is 10.1 Å². The van der Waals surface area contributed by atoms with E-state index in [2.05, 4.69) is 31.2 Å². The molecule has 1 heterocycles. The van der Waals surface area contributed by atoms with Crippen molar-refractivity contribution in [3.8, 4) is 17.0 Å². The molecule has 0 spiro atoms. The van der Waals surface area contributed by atoms with Crippen molar-refractivity contribution < 1.29 is 14.6 Å². The van der Waals surface area contributed by atoms with Gasteiger partial charge in [0.05, 0.1) is 31.0 Å². The second-order valence-electron chi connectivity index (χ2n) is 9.43. The van der Waals surface area contributed by atoms with Gasteiger partial charge in [-0.2, -0.15) is 5.10 Å². The second kappa shape index (κ2) is 11.2. The topological polar surface area (TPSA) is 76.4 Å². The van der Waals surface area contributed by atoms with Gasteiger partial charge in [-0.1, -0.05) is 51.3 Å². The van der Waals surface area contributed by atoms with Crippen LogP contribution in [0.15, 0.2) is 18.2 Å². The van der Waals surface area contributed by atoms with Crippen LogP contribution >= 0.6 is 11.6 Å². The molecule has 0 aliphatic heterocycles. The number of carbonyl (C=O) groups is 1. The minimum absolute atomic E-state index is 0.111. The zero-order valence-corrected chi connectivity index (χ0v) is 20.4. The number of aliphatic hydroxyl groups excluding tert-OH is 1. The average Bonchev–Trinajstić information content (AvgIpc) is 3.08. The monoisotopic (exact) mass is 461 g/mol. The molecule has 0 saturated heterocycles. The standard InChI is InChI=1S/C25H36ClN3O3/c1-16(2)13-19-9-10-20(21(14-19)32-4)24-22(26)23(28-29(24)11-12-30)25(31)27-15-18-7-5-17(3)6-8-18/h9-10,14,16-18,30H,5-8,11-13,15H2,1-4H3,(H,27,31). The number of carbonyl (C=O) groups excluding carboxylic acids is 1. The van der Waals surface area contributed by atoms with E-state index in [0.717, 1.165) is 30.7 Å². The summed E-state index contributed by atoms with van der Waals surface area (Å²) in [5, 5.41) is 17.3. The number of methoxy groups -OCH3 is 1. The smallest absolute Gasteiger partial charge is 0.273 e. The van der Waals surface area contributed by atoms with Gasteiger partial charge in [-0.3, -0.25) is 9.48 Å². The molecule has 1 fully saturated rings. The maximum Gasteiger partial charge on any atom is 0.273 e. The number of benzene rings is 1. The molecule has 1 aliphatic carbocycles. The Bertz CT molecular complexity index is 917. The van der Waals surface area contributed by atoms with Crippen molar-refractivity contribution in [2.24, 2.45) is 17.8 Å². The molecule has 1 aromatic carbocycles. The number of aliphatic hydroxyl groups is 1. The van der Waals surface area contributed by atoms with Crippen LogP contribution in [0.5, 0.6) is 5.75 Å². The van der Waals surface area contributed by atoms with Crippen LogP contribution in [0.25, 0.3) is 11.3 Å². The van der Waals surface area contributed by atoms with Gasteiger partial charge in [0.1, 0.15) is 5.75 Å². The Hall–Kier alpha value is -2.05. The molecule has 1 aliphatic rings. The van der Waals surface area contributed by atoms with E-state index in [1.165, 1.54) is 18.4 Å². The molecule has 2 aromatic rings. The molecule has 2 N–H and O–H groups in total. The number of aromatic nitrogens is 2. The fraction of sp³-hybridized carbons (Fsp3) is 0.600. The summed E-state index contributed by atoms with van der Waals surface area (Å²) >= 11 is 6.71. The van der Waals surface area contributed by atoms with E-state index >= 15 is 0 Å². The Morgan fingerprint density at radius 3 is 2.66 bits per heavy atom. The number of halogens is 1. The normalized spacial score (nSPS) is 18.7. The highest BCUT2D eigenvalue weighted by molar-refractivity contribution is 6.36. The summed E-state index contributed by atoms with van der Waals surface area (Å²) in [6.45, 7) is 7.39. The number of amides is 1. The lowest BCUT2D eigenvalue weighted by molar-refractivity contribution is 0.0935. The van der Waals surface area contributed by atoms with E-state index in [0.29, 0.717) is 29.8 Å². The van der Waals surface area contributed by atoms with Crippen LogP contribution in [-0.4, -0.2) is 41.1 Å². The largest absolute Gasteiger partial charge is 0.496 e. The minimum atomic E-state index is -0.276. The predicted molar refractivity (Wildman–Crippen MR) is 128 cm³/mol. The number of ether oxygens (including phenoxy) is 1. The maximum absolute atomic E-state index is 12.9. The van der Waals surface area contributed by atoms with Crippen molar-refractivity contribution in [3.63, 3.8) is 0 Å². The molecule has 1 amide bonds. The third kappa shape index (κ3) is 5.84. The summed E-state index contributed by atoms with van der Waals surface area (Å²) in [5.41, 5.74) is 2.70. The first-order valence-electron chi connectivity index (χ1n) is 11.7. The lowest BCUT2D eigenvalue weighted by Gasteiger charge is -2.26. The molecule has 7 heteroatoms. The van der Waals surface area contributed by atoms with E-state index in [4.69, 9.17) is 16.3 Å². The Kier molecular flexibility index (Phi) is 8.60. The zero-order valence-electron chi connectivity index (χ0n) is 19.7. The molecular weight excluding hydrogens is 426 g/mol. The first-order chi connectivity index (χ1) is 15.3. The van der Waals surface area contributed by atoms with Crippen molar-refractivity contribution in [1.29, 1.82) is 0 Å². The lowest BCUT2D eigenvalue weighted by atomic mass is 9.83. The number of rotatable bonds is 9. The van der Waals surface area contributed by atoms with Gasteiger partial charge >= 0.3 is 0 Å². The quantitative estimate of drug-likeness (QED) is 0.553. The molecule has 0 radical (unpaired) electrons. The van der Waals surface area contributed by atoms with E-state index in [-0.39, 0.29) is 29.8 Å². The van der Waals surface area contributed by atoms with Crippen LogP contribution in [0, 0.1) is 17.8 Å². The Morgan fingerprint density at radius 2 is 2.03 bits per heavy atom. The molecule has 3 rings (SSSR count). The molecule has 32 heavy (non-hydrogen) atoms. The maximum atomic E-state index is 12.9. The Balaban J connectivity index is 1.86. The van der Waals surface area contributed by atoms with Gasteiger partial charge in [-0.05, 0) is 54.7 Å². The summed E-state index contributed by atoms with van der Waals surface area (Å²) in [5.74, 6) is 2.20. The van der Waals surface area contributed by atoms with Crippen LogP contribution in [0.4, 0.5) is 0 Å². The molecule has 1 saturated carbocycles. The summed E-state index contributed by atoms with van der Waals surface area (Å²) in [6.07, 6.45) is 5.64. The molecule has 6 nitrogen and oxygen atoms in total. The highest BCUT2D eigenvalue weighted by Gasteiger charge is 2.26. The second-order valence-corrected chi connectivity index (χ2v) is 9.80. The van der Waals surface area contributed by atoms with E-state index in [1.54, 1.807) is 11.8 Å². The minimum Gasteiger partial charge on any atom is -0.496 e. The van der Waals surface area contributed by atoms with Crippen molar-refractivity contribution in [3.05, 3.63) is 34.5 Å². The van der Waals surface area contributed by atoms with Crippen LogP contribution in [0.3, 0.4) is 0 Å². The Morgan fingerprint density at radius 1 is 1.31 bits per heavy atom. The van der Waals surface area contributed by atoms with Gasteiger partial charge < -0.3 is 15.2 Å². The molecular formula is C25H36ClN3O3. The SMILES string of the molecule is COc1cc(CC(C)C)ccc1-c1c(Cl)c(C(=O)NCC2CCC(C)CC2)nn1CCO. The van der Waals surface area contributed by atoms with Crippen LogP contribution in [0.1, 0.15) is 62.5 Å². The van der Waals surface area contributed by atoms with Gasteiger partial charge in [0.2, 0.25) is 0 Å². The van der Waals surface area contributed by atoms with E-state index < -0.39 is 0 Å². The van der Waals surface area contributed by atoms with Crippen molar-refractivity contribution in [2.75, 3.05) is 20.3 Å². The third-order valence-corrected chi connectivity index (χ3v) is 6.63. The van der Waals surface area contributed by atoms with Gasteiger partial charge in [-0.25, -0.2) is 0 Å². The number of hydrogen-bond donors (Lipinski definition) is 2. The molecule has 0 atom stereocenters. The number of nitrogens with one attached hydrogen (secondary N) is 1. The van der Waals surface area contributed by atoms with E-state index in [1.807, 2.05) is 18.2 Å². The van der Waals surface area contributed by atoms with Gasteiger partial charge in [0.15, 0.2) is 5.69 Å². The van der Waals surface area contributed by atoms with Crippen LogP contribution in [-0.2, 0) is 13.0 Å². The first kappa shape index (κ1) is 24.6. The molecule has 176 valence electrons. The third-order valence-electron chi connectivity index (χ3n) is 6.27. The molecule has 0 unspecified atom stereocenters. The number of hydrogen-bond acceptors (Lipinski definition) is 4. The average molecular weight is 462 g/mol. The van der Waals surface area contributed by atoms with Gasteiger partial charge in [0, 0.05) is 12.1 Å². The van der Waals surface area contributed by atoms with Crippen molar-refractivity contribution in [2.45, 2.75) is 59.4 Å². The predicted octanol–water partition coefficient (Wildman–Crippen LogP) is 4.96. The summed E-state index contributed by atoms with van der Waals surface area (Å²) in [6, 6.07) is 6.01. The fourth-order valence-corrected chi connectivity index (χ4v) is 4.81. The summed E-state index contributed by atoms with van der Waals surface area (Å²) < 4.78 is 7.25. The van der Waals surface area contributed by atoms with E-state index in [9.17, 15) is 9.90 Å². The Labute approximate surface area is 196 Å². The summed E-state index contributed by atoms with van der Waals surface area (Å²) in [4.78, 5) is 12.9. The molecule has 1 aromatic heterocycles. The number of nitrogens with zero attached hydrogens (tertiary/aromatic N) is 2. The molecule has 0 bridgehead atoms. The zero-order chi connectivity index (χ0) is 23.3. The van der Waals surface area contributed by atoms with Crippen molar-refractivity contribution in [1.82, 2.24) is 15.1 Å². The highest BCUT2D eigenvalue weighted by atomic mass is 35.5.